The maximum absolute atomic E-state index is 14.1. The van der Waals surface area contributed by atoms with Gasteiger partial charge in [0.1, 0.15) is 28.7 Å². The second kappa shape index (κ2) is 9.86. The molecule has 2 aromatic heterocycles. The van der Waals surface area contributed by atoms with Gasteiger partial charge in [0.05, 0.1) is 23.0 Å². The van der Waals surface area contributed by atoms with Gasteiger partial charge in [0.2, 0.25) is 0 Å². The van der Waals surface area contributed by atoms with Crippen molar-refractivity contribution in [2.75, 3.05) is 38.2 Å². The molecule has 208 valence electrons. The molecule has 9 nitrogen and oxygen atoms in total. The van der Waals surface area contributed by atoms with Crippen molar-refractivity contribution >= 4 is 34.4 Å². The number of hydrogen-bond acceptors (Lipinski definition) is 8. The molecule has 0 N–H and O–H groups in total. The van der Waals surface area contributed by atoms with Crippen LogP contribution in [0, 0.1) is 0 Å². The van der Waals surface area contributed by atoms with E-state index in [4.69, 9.17) is 21.1 Å². The van der Waals surface area contributed by atoms with E-state index in [-0.39, 0.29) is 47.7 Å². The number of alkyl halides is 3. The van der Waals surface area contributed by atoms with Gasteiger partial charge in [-0.3, -0.25) is 4.90 Å². The van der Waals surface area contributed by atoms with Gasteiger partial charge in [-0.15, -0.1) is 0 Å². The van der Waals surface area contributed by atoms with E-state index in [1.54, 1.807) is 4.90 Å². The fourth-order valence-electron chi connectivity index (χ4n) is 5.64. The summed E-state index contributed by atoms with van der Waals surface area (Å²) in [4.78, 5) is 31.3. The standard InChI is InChI=1S/C25H32ClF3N6O3/c1-24(2,3)38-23(36)35-14-7-8-15(35)12-34(11-14)21-17-10-30-20(26)18(25(27,28)29)19(17)31-22(32-21)37-13-16-6-5-9-33(16)4/h10,14-16H,5-9,11-13H2,1-4H3/t14?,15?,16-/m0/s1. The summed E-state index contributed by atoms with van der Waals surface area (Å²) < 4.78 is 53.7. The Balaban J connectivity index is 1.50. The second-order valence-electron chi connectivity index (χ2n) is 11.3. The van der Waals surface area contributed by atoms with Crippen molar-refractivity contribution in [2.45, 2.75) is 76.4 Å². The smallest absolute Gasteiger partial charge is 0.421 e. The van der Waals surface area contributed by atoms with Gasteiger partial charge in [0.15, 0.2) is 0 Å². The topological polar surface area (TPSA) is 83.9 Å². The molecule has 0 aliphatic carbocycles. The van der Waals surface area contributed by atoms with E-state index in [0.29, 0.717) is 18.9 Å². The highest BCUT2D eigenvalue weighted by atomic mass is 35.5. The zero-order valence-electron chi connectivity index (χ0n) is 21.9. The summed E-state index contributed by atoms with van der Waals surface area (Å²) in [6.45, 7) is 7.42. The van der Waals surface area contributed by atoms with Gasteiger partial charge in [0.25, 0.3) is 0 Å². The molecule has 5 rings (SSSR count). The fraction of sp³-hybridized carbons (Fsp3) is 0.680. The SMILES string of the molecule is CN1CCC[C@H]1COc1nc(N2CC3CCC(C2)N3C(=O)OC(C)(C)C)c2cnc(Cl)c(C(F)(F)F)c2n1. The molecule has 5 heterocycles. The van der Waals surface area contributed by atoms with Crippen LogP contribution in [-0.2, 0) is 10.9 Å². The van der Waals surface area contributed by atoms with Crippen molar-refractivity contribution in [1.29, 1.82) is 0 Å². The number of likely N-dealkylation sites (N-methyl/N-ethyl adjacent to an activating group) is 1. The Morgan fingerprint density at radius 2 is 1.82 bits per heavy atom. The number of pyridine rings is 1. The predicted molar refractivity (Wildman–Crippen MR) is 136 cm³/mol. The Labute approximate surface area is 224 Å². The highest BCUT2D eigenvalue weighted by Gasteiger charge is 2.45. The lowest BCUT2D eigenvalue weighted by atomic mass is 10.1. The number of likely N-dealkylation sites (tertiary alicyclic amines) is 1. The average molecular weight is 557 g/mol. The molecule has 1 amide bonds. The number of ether oxygens (including phenoxy) is 2. The molecule has 13 heteroatoms. The first kappa shape index (κ1) is 27.0. The van der Waals surface area contributed by atoms with Crippen LogP contribution in [0.1, 0.15) is 52.0 Å². The molecule has 0 radical (unpaired) electrons. The number of carbonyl (C=O) groups excluding carboxylic acids is 1. The molecule has 2 aromatic rings. The van der Waals surface area contributed by atoms with Crippen LogP contribution < -0.4 is 9.64 Å². The van der Waals surface area contributed by atoms with Crippen LogP contribution in [0.15, 0.2) is 6.20 Å². The number of piperazine rings is 1. The van der Waals surface area contributed by atoms with Crippen molar-refractivity contribution in [3.8, 4) is 6.01 Å². The third kappa shape index (κ3) is 5.29. The van der Waals surface area contributed by atoms with Gasteiger partial charge >= 0.3 is 18.3 Å². The van der Waals surface area contributed by atoms with Crippen molar-refractivity contribution in [3.05, 3.63) is 16.9 Å². The normalized spacial score (nSPS) is 24.4. The quantitative estimate of drug-likeness (QED) is 0.499. The number of amides is 1. The number of fused-ring (bicyclic) bond motifs is 3. The maximum atomic E-state index is 14.1. The highest BCUT2D eigenvalue weighted by molar-refractivity contribution is 6.31. The number of halogens is 4. The van der Waals surface area contributed by atoms with E-state index in [1.807, 2.05) is 32.7 Å². The Bertz CT molecular complexity index is 1210. The summed E-state index contributed by atoms with van der Waals surface area (Å²) in [5.41, 5.74) is -2.09. The number of anilines is 1. The van der Waals surface area contributed by atoms with Crippen LogP contribution in [0.3, 0.4) is 0 Å². The lowest BCUT2D eigenvalue weighted by Crippen LogP contribution is -2.57. The summed E-state index contributed by atoms with van der Waals surface area (Å²) in [6, 6.07) is -0.323. The number of carbonyl (C=O) groups is 1. The van der Waals surface area contributed by atoms with E-state index in [2.05, 4.69) is 19.9 Å². The van der Waals surface area contributed by atoms with Gasteiger partial charge in [0, 0.05) is 25.3 Å². The van der Waals surface area contributed by atoms with Crippen LogP contribution in [0.25, 0.3) is 10.9 Å². The zero-order chi connectivity index (χ0) is 27.4. The second-order valence-corrected chi connectivity index (χ2v) is 11.6. The van der Waals surface area contributed by atoms with Crippen molar-refractivity contribution < 1.29 is 27.4 Å². The number of hydrogen-bond donors (Lipinski definition) is 0. The third-order valence-electron chi connectivity index (χ3n) is 7.40. The molecule has 0 spiro atoms. The minimum Gasteiger partial charge on any atom is -0.462 e. The molecule has 3 aliphatic heterocycles. The Morgan fingerprint density at radius 1 is 1.13 bits per heavy atom. The Hall–Kier alpha value is -2.60. The first-order chi connectivity index (χ1) is 17.8. The summed E-state index contributed by atoms with van der Waals surface area (Å²) >= 11 is 5.93. The largest absolute Gasteiger partial charge is 0.462 e. The zero-order valence-corrected chi connectivity index (χ0v) is 22.6. The molecule has 0 saturated carbocycles. The minimum absolute atomic E-state index is 0.133. The van der Waals surface area contributed by atoms with E-state index in [9.17, 15) is 18.0 Å². The third-order valence-corrected chi connectivity index (χ3v) is 7.69. The van der Waals surface area contributed by atoms with Gasteiger partial charge in [-0.2, -0.15) is 23.1 Å². The van der Waals surface area contributed by atoms with Gasteiger partial charge in [-0.05, 0) is 60.0 Å². The highest BCUT2D eigenvalue weighted by Crippen LogP contribution is 2.42. The number of aromatic nitrogens is 3. The first-order valence-electron chi connectivity index (χ1n) is 12.8. The maximum Gasteiger partial charge on any atom is 0.421 e. The summed E-state index contributed by atoms with van der Waals surface area (Å²) in [5.74, 6) is 0.292. The molecule has 2 bridgehead atoms. The van der Waals surface area contributed by atoms with Gasteiger partial charge in [-0.1, -0.05) is 11.6 Å². The van der Waals surface area contributed by atoms with Crippen LogP contribution in [-0.4, -0.2) is 87.9 Å². The molecular formula is C25H32ClF3N6O3. The van der Waals surface area contributed by atoms with Crippen LogP contribution in [0.2, 0.25) is 5.15 Å². The monoisotopic (exact) mass is 556 g/mol. The van der Waals surface area contributed by atoms with Crippen LogP contribution in [0.5, 0.6) is 6.01 Å². The van der Waals surface area contributed by atoms with Gasteiger partial charge < -0.3 is 19.3 Å². The molecular weight excluding hydrogens is 525 g/mol. The fourth-order valence-corrected chi connectivity index (χ4v) is 5.88. The molecule has 38 heavy (non-hydrogen) atoms. The Morgan fingerprint density at radius 3 is 2.39 bits per heavy atom. The summed E-state index contributed by atoms with van der Waals surface area (Å²) in [6.07, 6.45) is -0.396. The molecule has 0 aromatic carbocycles. The van der Waals surface area contributed by atoms with E-state index in [0.717, 1.165) is 32.2 Å². The summed E-state index contributed by atoms with van der Waals surface area (Å²) in [7, 11) is 1.99. The van der Waals surface area contributed by atoms with E-state index < -0.39 is 22.5 Å². The van der Waals surface area contributed by atoms with Gasteiger partial charge in [-0.25, -0.2) is 9.78 Å². The molecule has 3 fully saturated rings. The van der Waals surface area contributed by atoms with Crippen LogP contribution >= 0.6 is 11.6 Å². The van der Waals surface area contributed by atoms with Crippen molar-refractivity contribution in [2.24, 2.45) is 0 Å². The Kier molecular flexibility index (Phi) is 7.00. The molecule has 3 aliphatic rings. The number of nitrogens with zero attached hydrogens (tertiary/aromatic N) is 6. The molecule has 2 unspecified atom stereocenters. The molecule has 3 atom stereocenters. The van der Waals surface area contributed by atoms with Crippen molar-refractivity contribution in [3.63, 3.8) is 0 Å². The lowest BCUT2D eigenvalue weighted by molar-refractivity contribution is -0.136. The average Bonchev–Trinajstić information content (AvgIpc) is 3.34. The van der Waals surface area contributed by atoms with Crippen molar-refractivity contribution in [1.82, 2.24) is 24.8 Å². The minimum atomic E-state index is -4.77. The predicted octanol–water partition coefficient (Wildman–Crippen LogP) is 4.76. The van der Waals surface area contributed by atoms with Crippen LogP contribution in [0.4, 0.5) is 23.8 Å². The van der Waals surface area contributed by atoms with E-state index in [1.165, 1.54) is 6.20 Å². The lowest BCUT2D eigenvalue weighted by Gasteiger charge is -2.42. The summed E-state index contributed by atoms with van der Waals surface area (Å²) in [5, 5.41) is -0.539. The first-order valence-corrected chi connectivity index (χ1v) is 13.2. The number of rotatable bonds is 4. The molecule has 3 saturated heterocycles. The van der Waals surface area contributed by atoms with E-state index >= 15 is 0 Å².